The van der Waals surface area contributed by atoms with Gasteiger partial charge in [0.05, 0.1) is 5.66 Å². The summed E-state index contributed by atoms with van der Waals surface area (Å²) in [7, 11) is -3.95. The Labute approximate surface area is 76.5 Å². The summed E-state index contributed by atoms with van der Waals surface area (Å²) < 4.78 is 10.8. The number of amides is 1. The summed E-state index contributed by atoms with van der Waals surface area (Å²) in [6, 6.07) is 0. The Kier molecular flexibility index (Phi) is 3.11. The normalized spacial score (nSPS) is 30.0. The molecule has 0 spiro atoms. The minimum absolute atomic E-state index is 0.192. The summed E-state index contributed by atoms with van der Waals surface area (Å²) in [4.78, 5) is 28.5. The van der Waals surface area contributed by atoms with E-state index in [0.717, 1.165) is 0 Å². The Bertz CT molecular complexity index is 241. The fourth-order valence-electron chi connectivity index (χ4n) is 1.70. The van der Waals surface area contributed by atoms with E-state index in [4.69, 9.17) is 15.5 Å². The number of rotatable bonds is 2. The molecule has 76 valence electrons. The second-order valence-corrected chi connectivity index (χ2v) is 5.41. The lowest BCUT2D eigenvalue weighted by molar-refractivity contribution is -0.122. The molecule has 1 aliphatic carbocycles. The molecule has 0 heterocycles. The first-order valence-electron chi connectivity index (χ1n) is 4.26. The third kappa shape index (κ3) is 2.79. The molecule has 1 aliphatic rings. The Morgan fingerprint density at radius 2 is 1.69 bits per heavy atom. The van der Waals surface area contributed by atoms with Gasteiger partial charge in [0.1, 0.15) is 0 Å². The van der Waals surface area contributed by atoms with Gasteiger partial charge >= 0.3 is 7.60 Å². The van der Waals surface area contributed by atoms with E-state index in [0.29, 0.717) is 25.7 Å². The molecule has 0 unspecified atom stereocenters. The number of carbonyl (C=O) groups excluding carboxylic acids is 1. The molecule has 0 aromatic rings. The van der Waals surface area contributed by atoms with Crippen LogP contribution in [0.15, 0.2) is 0 Å². The molecule has 1 saturated carbocycles. The summed E-state index contributed by atoms with van der Waals surface area (Å²) in [5.74, 6) is -0.549. The summed E-state index contributed by atoms with van der Waals surface area (Å²) in [5.41, 5.74) is 4.52. The molecule has 1 amide bonds. The van der Waals surface area contributed by atoms with Gasteiger partial charge in [0.2, 0.25) is 5.91 Å². The molecule has 0 aromatic heterocycles. The lowest BCUT2D eigenvalue weighted by Gasteiger charge is -2.26. The van der Waals surface area contributed by atoms with Gasteiger partial charge in [-0.05, 0) is 25.7 Å². The van der Waals surface area contributed by atoms with Crippen molar-refractivity contribution in [3.63, 3.8) is 0 Å². The second kappa shape index (κ2) is 3.78. The van der Waals surface area contributed by atoms with Crippen LogP contribution in [0.25, 0.3) is 0 Å². The van der Waals surface area contributed by atoms with E-state index in [1.807, 2.05) is 0 Å². The maximum Gasteiger partial charge on any atom is 0.328 e. The van der Waals surface area contributed by atoms with Crippen LogP contribution in [-0.2, 0) is 9.36 Å². The Hall–Kier alpha value is -0.380. The molecule has 0 aliphatic heterocycles. The van der Waals surface area contributed by atoms with Gasteiger partial charge in [0, 0.05) is 5.92 Å². The topological polar surface area (TPSA) is 101 Å². The van der Waals surface area contributed by atoms with Crippen molar-refractivity contribution in [2.45, 2.75) is 31.3 Å². The number of primary amides is 1. The van der Waals surface area contributed by atoms with Gasteiger partial charge in [-0.1, -0.05) is 0 Å². The molecule has 0 atom stereocenters. The quantitative estimate of drug-likeness (QED) is 0.563. The maximum absolute atomic E-state index is 10.8. The predicted octanol–water partition coefficient (Wildman–Crippen LogP) is 0.208. The number of carbonyl (C=O) groups is 1. The van der Waals surface area contributed by atoms with E-state index in [9.17, 15) is 9.36 Å². The standard InChI is InChI=1S/C7H14NO4P/c8-7(9)5-1-3-6(4-2-5)13(10,11)12/h5-6H,1-4H2,(H2,8,9)(H2,10,11,12). The zero-order valence-electron chi connectivity index (χ0n) is 7.22. The Morgan fingerprint density at radius 3 is 2.00 bits per heavy atom. The average Bonchev–Trinajstić information content (AvgIpc) is 2.03. The molecule has 4 N–H and O–H groups in total. The van der Waals surface area contributed by atoms with E-state index >= 15 is 0 Å². The van der Waals surface area contributed by atoms with E-state index in [2.05, 4.69) is 0 Å². The minimum Gasteiger partial charge on any atom is -0.369 e. The molecule has 13 heavy (non-hydrogen) atoms. The lowest BCUT2D eigenvalue weighted by Crippen LogP contribution is -2.29. The molecule has 1 rings (SSSR count). The van der Waals surface area contributed by atoms with Crippen molar-refractivity contribution in [2.75, 3.05) is 0 Å². The van der Waals surface area contributed by atoms with E-state index in [1.165, 1.54) is 0 Å². The van der Waals surface area contributed by atoms with Crippen LogP contribution in [0.5, 0.6) is 0 Å². The van der Waals surface area contributed by atoms with Crippen molar-refractivity contribution in [3.8, 4) is 0 Å². The van der Waals surface area contributed by atoms with Crippen LogP contribution in [0.2, 0.25) is 0 Å². The molecule has 1 fully saturated rings. The molecule has 0 saturated heterocycles. The van der Waals surface area contributed by atoms with Crippen LogP contribution < -0.4 is 5.73 Å². The minimum atomic E-state index is -3.95. The summed E-state index contributed by atoms with van der Waals surface area (Å²) in [6.45, 7) is 0. The number of hydrogen-bond donors (Lipinski definition) is 3. The van der Waals surface area contributed by atoms with Gasteiger partial charge in [0.25, 0.3) is 0 Å². The average molecular weight is 207 g/mol. The third-order valence-electron chi connectivity index (χ3n) is 2.57. The summed E-state index contributed by atoms with van der Waals surface area (Å²) in [5, 5.41) is 0. The first-order chi connectivity index (χ1) is 5.91. The second-order valence-electron chi connectivity index (χ2n) is 3.50. The van der Waals surface area contributed by atoms with E-state index in [1.54, 1.807) is 0 Å². The van der Waals surface area contributed by atoms with Crippen LogP contribution >= 0.6 is 7.60 Å². The van der Waals surface area contributed by atoms with Crippen molar-refractivity contribution >= 4 is 13.5 Å². The SMILES string of the molecule is NC(=O)C1CCC(P(=O)(O)O)CC1. The van der Waals surface area contributed by atoms with Crippen LogP contribution in [0.4, 0.5) is 0 Å². The molecular weight excluding hydrogens is 193 g/mol. The fraction of sp³-hybridized carbons (Fsp3) is 0.857. The maximum atomic E-state index is 10.8. The van der Waals surface area contributed by atoms with Gasteiger partial charge < -0.3 is 15.5 Å². The van der Waals surface area contributed by atoms with Crippen molar-refractivity contribution in [1.82, 2.24) is 0 Å². The highest BCUT2D eigenvalue weighted by Crippen LogP contribution is 2.48. The molecular formula is C7H14NO4P. The highest BCUT2D eigenvalue weighted by Gasteiger charge is 2.34. The monoisotopic (exact) mass is 207 g/mol. The van der Waals surface area contributed by atoms with Crippen molar-refractivity contribution in [3.05, 3.63) is 0 Å². The van der Waals surface area contributed by atoms with Crippen molar-refractivity contribution < 1.29 is 19.1 Å². The number of nitrogens with two attached hydrogens (primary N) is 1. The van der Waals surface area contributed by atoms with Gasteiger partial charge in [-0.3, -0.25) is 9.36 Å². The highest BCUT2D eigenvalue weighted by atomic mass is 31.2. The van der Waals surface area contributed by atoms with E-state index < -0.39 is 13.3 Å². The van der Waals surface area contributed by atoms with Gasteiger partial charge in [0.15, 0.2) is 0 Å². The van der Waals surface area contributed by atoms with Crippen LogP contribution in [0.1, 0.15) is 25.7 Å². The van der Waals surface area contributed by atoms with Crippen LogP contribution in [-0.4, -0.2) is 21.4 Å². The molecule has 0 aromatic carbocycles. The molecule has 5 nitrogen and oxygen atoms in total. The zero-order chi connectivity index (χ0) is 10.1. The molecule has 0 radical (unpaired) electrons. The third-order valence-corrected chi connectivity index (χ3v) is 4.04. The largest absolute Gasteiger partial charge is 0.369 e. The van der Waals surface area contributed by atoms with Crippen molar-refractivity contribution in [1.29, 1.82) is 0 Å². The smallest absolute Gasteiger partial charge is 0.328 e. The Balaban J connectivity index is 2.48. The highest BCUT2D eigenvalue weighted by molar-refractivity contribution is 7.52. The van der Waals surface area contributed by atoms with Gasteiger partial charge in [-0.2, -0.15) is 0 Å². The fourth-order valence-corrected chi connectivity index (χ4v) is 2.67. The summed E-state index contributed by atoms with van der Waals surface area (Å²) >= 11 is 0. The summed E-state index contributed by atoms with van der Waals surface area (Å²) in [6.07, 6.45) is 1.81. The zero-order valence-corrected chi connectivity index (χ0v) is 8.11. The van der Waals surface area contributed by atoms with Crippen LogP contribution in [0.3, 0.4) is 0 Å². The van der Waals surface area contributed by atoms with Gasteiger partial charge in [-0.15, -0.1) is 0 Å². The predicted molar refractivity (Wildman–Crippen MR) is 47.0 cm³/mol. The molecule has 0 bridgehead atoms. The van der Waals surface area contributed by atoms with Crippen molar-refractivity contribution in [2.24, 2.45) is 11.7 Å². The van der Waals surface area contributed by atoms with Crippen LogP contribution in [0, 0.1) is 5.92 Å². The first-order valence-corrected chi connectivity index (χ1v) is 5.94. The number of hydrogen-bond acceptors (Lipinski definition) is 2. The first kappa shape index (κ1) is 10.7. The van der Waals surface area contributed by atoms with E-state index in [-0.39, 0.29) is 11.8 Å². The van der Waals surface area contributed by atoms with Gasteiger partial charge in [-0.25, -0.2) is 0 Å². The molecule has 6 heteroatoms. The Morgan fingerprint density at radius 1 is 1.23 bits per heavy atom. The lowest BCUT2D eigenvalue weighted by atomic mass is 9.88.